The summed E-state index contributed by atoms with van der Waals surface area (Å²) in [6, 6.07) is 0. The van der Waals surface area contributed by atoms with Gasteiger partial charge in [-0.1, -0.05) is 0 Å². The number of hydrogen-bond donors (Lipinski definition) is 6. The number of carboxylic acid groups (broad SMARTS) is 1. The first-order valence-corrected chi connectivity index (χ1v) is 7.70. The van der Waals surface area contributed by atoms with Crippen LogP contribution in [0.5, 0.6) is 0 Å². The van der Waals surface area contributed by atoms with Crippen LogP contribution >= 0.6 is 15.2 Å². The Morgan fingerprint density at radius 2 is 1.41 bits per heavy atom. The molecule has 17 heavy (non-hydrogen) atoms. The molecule has 0 radical (unpaired) electrons. The summed E-state index contributed by atoms with van der Waals surface area (Å²) < 4.78 is 21.7. The average molecular weight is 292 g/mol. The third-order valence-electron chi connectivity index (χ3n) is 2.09. The van der Waals surface area contributed by atoms with E-state index in [4.69, 9.17) is 24.7 Å². The molecule has 0 unspecified atom stereocenters. The van der Waals surface area contributed by atoms with Crippen LogP contribution in [0.1, 0.15) is 25.7 Å². The Balaban J connectivity index is 4.72. The van der Waals surface area contributed by atoms with Gasteiger partial charge in [-0.15, -0.1) is 0 Å². The van der Waals surface area contributed by atoms with Crippen LogP contribution in [0, 0.1) is 0 Å². The van der Waals surface area contributed by atoms with E-state index < -0.39 is 32.7 Å². The third kappa shape index (κ3) is 4.48. The molecule has 0 saturated carbocycles. The zero-order valence-electron chi connectivity index (χ0n) is 8.63. The number of rotatable bonds is 7. The molecule has 0 heterocycles. The van der Waals surface area contributed by atoms with Crippen LogP contribution in [-0.4, -0.2) is 40.8 Å². The highest BCUT2D eigenvalue weighted by molar-refractivity contribution is 7.72. The van der Waals surface area contributed by atoms with Gasteiger partial charge in [0.1, 0.15) is 0 Å². The van der Waals surface area contributed by atoms with Crippen LogP contribution in [0.4, 0.5) is 0 Å². The molecule has 0 bridgehead atoms. The first kappa shape index (κ1) is 16.7. The second kappa shape index (κ2) is 5.58. The molecule has 102 valence electrons. The lowest BCUT2D eigenvalue weighted by Crippen LogP contribution is -2.28. The highest BCUT2D eigenvalue weighted by atomic mass is 31.2. The van der Waals surface area contributed by atoms with E-state index in [1.807, 2.05) is 0 Å². The van der Waals surface area contributed by atoms with Gasteiger partial charge in [-0.2, -0.15) is 0 Å². The lowest BCUT2D eigenvalue weighted by atomic mass is 10.2. The van der Waals surface area contributed by atoms with E-state index in [1.54, 1.807) is 0 Å². The molecule has 0 rings (SSSR count). The summed E-state index contributed by atoms with van der Waals surface area (Å²) in [6.45, 7) is 0. The first-order chi connectivity index (χ1) is 7.42. The van der Waals surface area contributed by atoms with Gasteiger partial charge in [-0.05, 0) is 19.3 Å². The fourth-order valence-corrected chi connectivity index (χ4v) is 3.36. The summed E-state index contributed by atoms with van der Waals surface area (Å²) >= 11 is 0. The maximum atomic E-state index is 10.9. The molecule has 0 aromatic rings. The van der Waals surface area contributed by atoms with E-state index in [9.17, 15) is 19.0 Å². The second-order valence-electron chi connectivity index (χ2n) is 3.46. The number of carbonyl (C=O) groups is 1. The van der Waals surface area contributed by atoms with Crippen LogP contribution in [0.2, 0.25) is 0 Å². The van der Waals surface area contributed by atoms with Crippen LogP contribution in [-0.2, 0) is 13.9 Å². The largest absolute Gasteiger partial charge is 0.481 e. The first-order valence-electron chi connectivity index (χ1n) is 4.47. The van der Waals surface area contributed by atoms with Crippen molar-refractivity contribution in [3.8, 4) is 0 Å². The molecular formula is C6H14O9P2. The van der Waals surface area contributed by atoms with Crippen molar-refractivity contribution in [1.82, 2.24) is 0 Å². The van der Waals surface area contributed by atoms with Crippen molar-refractivity contribution in [2.24, 2.45) is 0 Å². The van der Waals surface area contributed by atoms with Gasteiger partial charge in [0.05, 0.1) is 0 Å². The lowest BCUT2D eigenvalue weighted by molar-refractivity contribution is -0.137. The van der Waals surface area contributed by atoms with Crippen molar-refractivity contribution >= 4 is 21.2 Å². The minimum Gasteiger partial charge on any atom is -0.481 e. The normalized spacial score (nSPS) is 13.7. The Kier molecular flexibility index (Phi) is 5.49. The quantitative estimate of drug-likeness (QED) is 0.270. The molecule has 6 N–H and O–H groups in total. The fourth-order valence-electron chi connectivity index (χ4n) is 1.10. The predicted octanol–water partition coefficient (Wildman–Crippen LogP) is -0.367. The zero-order chi connectivity index (χ0) is 13.9. The smallest absolute Gasteiger partial charge is 0.369 e. The number of aliphatic carboxylic acids is 1. The topological polar surface area (TPSA) is 173 Å². The standard InChI is InChI=1S/C6H14O9P2/c7-5(8)3-1-2-4-6(9,16(10,11)12)17(13,14)15/h9H,1-4H2,(H,7,8)(H2,10,11,12)(H2,13,14,15). The minimum absolute atomic E-state index is 0.0579. The fraction of sp³-hybridized carbons (Fsp3) is 0.833. The van der Waals surface area contributed by atoms with Crippen molar-refractivity contribution in [2.75, 3.05) is 0 Å². The van der Waals surface area contributed by atoms with E-state index in [0.29, 0.717) is 0 Å². The van der Waals surface area contributed by atoms with E-state index in [0.717, 1.165) is 0 Å². The molecule has 0 aliphatic heterocycles. The Morgan fingerprint density at radius 1 is 1.00 bits per heavy atom. The zero-order valence-corrected chi connectivity index (χ0v) is 10.4. The Bertz CT molecular complexity index is 344. The molecule has 0 spiro atoms. The van der Waals surface area contributed by atoms with Gasteiger partial charge < -0.3 is 29.8 Å². The number of unbranched alkanes of at least 4 members (excludes halogenated alkanes) is 1. The van der Waals surface area contributed by atoms with Gasteiger partial charge >= 0.3 is 21.2 Å². The van der Waals surface area contributed by atoms with Crippen molar-refractivity contribution in [3.63, 3.8) is 0 Å². The molecule has 0 aliphatic carbocycles. The molecule has 0 amide bonds. The van der Waals surface area contributed by atoms with Crippen LogP contribution in [0.25, 0.3) is 0 Å². The van der Waals surface area contributed by atoms with Crippen molar-refractivity contribution in [1.29, 1.82) is 0 Å². The van der Waals surface area contributed by atoms with E-state index >= 15 is 0 Å². The molecule has 0 fully saturated rings. The maximum absolute atomic E-state index is 10.9. The highest BCUT2D eigenvalue weighted by Gasteiger charge is 2.58. The molecule has 0 aromatic heterocycles. The molecule has 9 nitrogen and oxygen atoms in total. The van der Waals surface area contributed by atoms with Gasteiger partial charge in [0.25, 0.3) is 5.08 Å². The lowest BCUT2D eigenvalue weighted by Gasteiger charge is -2.29. The van der Waals surface area contributed by atoms with Gasteiger partial charge in [-0.3, -0.25) is 13.9 Å². The minimum atomic E-state index is -5.43. The number of aliphatic hydroxyl groups is 1. The van der Waals surface area contributed by atoms with Crippen molar-refractivity contribution in [2.45, 2.75) is 30.8 Å². The summed E-state index contributed by atoms with van der Waals surface area (Å²) in [4.78, 5) is 45.1. The molecule has 0 saturated heterocycles. The Morgan fingerprint density at radius 3 is 1.71 bits per heavy atom. The summed E-state index contributed by atoms with van der Waals surface area (Å²) in [6.07, 6.45) is -1.50. The molecular weight excluding hydrogens is 278 g/mol. The van der Waals surface area contributed by atoms with E-state index in [2.05, 4.69) is 0 Å². The molecule has 11 heteroatoms. The predicted molar refractivity (Wildman–Crippen MR) is 55.1 cm³/mol. The Labute approximate surface area is 96.4 Å². The van der Waals surface area contributed by atoms with E-state index in [1.165, 1.54) is 0 Å². The SMILES string of the molecule is O=C(O)CCCCC(O)(P(=O)(O)O)P(=O)(O)O. The van der Waals surface area contributed by atoms with Gasteiger partial charge in [0.2, 0.25) is 0 Å². The van der Waals surface area contributed by atoms with Crippen molar-refractivity contribution in [3.05, 3.63) is 0 Å². The molecule has 0 aliphatic rings. The summed E-state index contributed by atoms with van der Waals surface area (Å²) in [5.74, 6) is -1.15. The van der Waals surface area contributed by atoms with Gasteiger partial charge in [-0.25, -0.2) is 0 Å². The van der Waals surface area contributed by atoms with Crippen LogP contribution < -0.4 is 0 Å². The maximum Gasteiger partial charge on any atom is 0.369 e. The van der Waals surface area contributed by atoms with Crippen LogP contribution in [0.15, 0.2) is 0 Å². The summed E-state index contributed by atoms with van der Waals surface area (Å²) in [5, 5.41) is 14.2. The number of hydrogen-bond acceptors (Lipinski definition) is 4. The Hall–Kier alpha value is -0.270. The highest BCUT2D eigenvalue weighted by Crippen LogP contribution is 2.69. The van der Waals surface area contributed by atoms with E-state index in [-0.39, 0.29) is 19.3 Å². The second-order valence-corrected chi connectivity index (χ2v) is 7.47. The average Bonchev–Trinajstić information content (AvgIpc) is 2.07. The monoisotopic (exact) mass is 292 g/mol. The summed E-state index contributed by atoms with van der Waals surface area (Å²) in [5.41, 5.74) is 0. The third-order valence-corrected chi connectivity index (χ3v) is 5.96. The molecule has 0 atom stereocenters. The molecule has 0 aromatic carbocycles. The van der Waals surface area contributed by atoms with Gasteiger partial charge in [0.15, 0.2) is 0 Å². The van der Waals surface area contributed by atoms with Crippen molar-refractivity contribution < 1.29 is 43.7 Å². The number of carboxylic acids is 1. The van der Waals surface area contributed by atoms with Crippen LogP contribution in [0.3, 0.4) is 0 Å². The summed E-state index contributed by atoms with van der Waals surface area (Å²) in [7, 11) is -10.9. The van der Waals surface area contributed by atoms with Gasteiger partial charge in [0, 0.05) is 6.42 Å².